The van der Waals surface area contributed by atoms with Gasteiger partial charge in [0.1, 0.15) is 17.2 Å². The molecule has 0 aliphatic carbocycles. The first kappa shape index (κ1) is 33.5. The van der Waals surface area contributed by atoms with Crippen molar-refractivity contribution in [1.29, 1.82) is 5.41 Å². The highest BCUT2D eigenvalue weighted by atomic mass is 35.5. The summed E-state index contributed by atoms with van der Waals surface area (Å²) in [6, 6.07) is 33.5. The fraction of sp³-hybridized carbons (Fsp3) is 0.167. The number of anilines is 2. The van der Waals surface area contributed by atoms with Gasteiger partial charge >= 0.3 is 5.97 Å². The van der Waals surface area contributed by atoms with Crippen LogP contribution in [0.4, 0.5) is 11.5 Å². The molecule has 7 nitrogen and oxygen atoms in total. The predicted octanol–water partition coefficient (Wildman–Crippen LogP) is 8.95. The number of nitrogens with zero attached hydrogens (tertiary/aromatic N) is 2. The van der Waals surface area contributed by atoms with Crippen molar-refractivity contribution in [1.82, 2.24) is 9.55 Å². The molecule has 44 heavy (non-hydrogen) atoms. The lowest BCUT2D eigenvalue weighted by Gasteiger charge is -2.19. The number of esters is 1. The Morgan fingerprint density at radius 2 is 1.32 bits per heavy atom. The summed E-state index contributed by atoms with van der Waals surface area (Å²) in [5, 5.41) is 12.2. The zero-order chi connectivity index (χ0) is 32.1. The van der Waals surface area contributed by atoms with Crippen LogP contribution in [0.2, 0.25) is 5.02 Å². The molecule has 0 saturated carbocycles. The van der Waals surface area contributed by atoms with Gasteiger partial charge in [0.2, 0.25) is 0 Å². The summed E-state index contributed by atoms with van der Waals surface area (Å²) in [6.45, 7) is 9.70. The molecule has 0 fully saturated rings. The number of rotatable bonds is 8. The summed E-state index contributed by atoms with van der Waals surface area (Å²) in [4.78, 5) is 31.7. The molecule has 0 aliphatic heterocycles. The number of carbonyl (C=O) groups is 1. The van der Waals surface area contributed by atoms with Gasteiger partial charge in [-0.25, -0.2) is 9.78 Å². The lowest BCUT2D eigenvalue weighted by atomic mass is 10.0. The smallest absolute Gasteiger partial charge is 0.357 e. The van der Waals surface area contributed by atoms with Crippen molar-refractivity contribution in [2.45, 2.75) is 34.6 Å². The van der Waals surface area contributed by atoms with Gasteiger partial charge in [-0.3, -0.25) is 14.8 Å². The summed E-state index contributed by atoms with van der Waals surface area (Å²) in [7, 11) is 0. The van der Waals surface area contributed by atoms with E-state index in [0.717, 1.165) is 11.1 Å². The van der Waals surface area contributed by atoms with E-state index in [0.29, 0.717) is 27.8 Å². The SMILES string of the molecule is CC.CC.CCOC(=O)C(=N)c1c(Nc2ccccc2)nc(-c2ccc(-c3ccccc3)cc2)n(-c2ccc(Cl)cc2)c1=O. The number of para-hydroxylation sites is 1. The zero-order valence-electron chi connectivity index (χ0n) is 25.6. The highest BCUT2D eigenvalue weighted by Gasteiger charge is 2.26. The van der Waals surface area contributed by atoms with Crippen molar-refractivity contribution in [3.8, 4) is 28.2 Å². The zero-order valence-corrected chi connectivity index (χ0v) is 26.4. The van der Waals surface area contributed by atoms with Gasteiger partial charge in [0.15, 0.2) is 5.71 Å². The van der Waals surface area contributed by atoms with Crippen molar-refractivity contribution >= 4 is 34.8 Å². The molecule has 4 aromatic carbocycles. The molecule has 0 unspecified atom stereocenters. The van der Waals surface area contributed by atoms with Crippen LogP contribution in [0, 0.1) is 5.41 Å². The van der Waals surface area contributed by atoms with Gasteiger partial charge in [-0.05, 0) is 54.4 Å². The minimum Gasteiger partial charge on any atom is -0.461 e. The molecule has 0 amide bonds. The van der Waals surface area contributed by atoms with Gasteiger partial charge in [0, 0.05) is 16.3 Å². The molecular weight excluding hydrogens is 572 g/mol. The Bertz CT molecular complexity index is 1720. The Morgan fingerprint density at radius 1 is 0.795 bits per heavy atom. The van der Waals surface area contributed by atoms with E-state index in [1.807, 2.05) is 100 Å². The van der Waals surface area contributed by atoms with Crippen LogP contribution >= 0.6 is 11.6 Å². The van der Waals surface area contributed by atoms with Gasteiger partial charge < -0.3 is 10.1 Å². The van der Waals surface area contributed by atoms with Crippen LogP contribution in [0.15, 0.2) is 114 Å². The molecule has 5 rings (SSSR count). The number of nitrogens with one attached hydrogen (secondary N) is 2. The minimum atomic E-state index is -0.917. The summed E-state index contributed by atoms with van der Waals surface area (Å²) in [6.07, 6.45) is 0. The molecule has 0 radical (unpaired) electrons. The molecule has 5 aromatic rings. The molecule has 1 aromatic heterocycles. The normalized spacial score (nSPS) is 9.95. The van der Waals surface area contributed by atoms with E-state index in [-0.39, 0.29) is 18.0 Å². The van der Waals surface area contributed by atoms with Crippen LogP contribution in [0.1, 0.15) is 40.2 Å². The van der Waals surface area contributed by atoms with Crippen LogP contribution in [-0.2, 0) is 9.53 Å². The minimum absolute atomic E-state index is 0.0628. The third kappa shape index (κ3) is 7.88. The third-order valence-electron chi connectivity index (χ3n) is 6.18. The van der Waals surface area contributed by atoms with Gasteiger partial charge in [-0.1, -0.05) is 112 Å². The Hall–Kier alpha value is -5.01. The Labute approximate surface area is 263 Å². The first-order valence-electron chi connectivity index (χ1n) is 14.6. The third-order valence-corrected chi connectivity index (χ3v) is 6.44. The van der Waals surface area contributed by atoms with E-state index in [2.05, 4.69) is 5.32 Å². The summed E-state index contributed by atoms with van der Waals surface area (Å²) >= 11 is 6.14. The standard InChI is InChI=1S/C32H25ClN4O3.2C2H6/c1-2-40-32(39)28(34)27-29(35-25-11-7-4-8-12-25)36-30(37(31(27)38)26-19-17-24(33)18-20-26)23-15-13-22(14-16-23)21-9-5-3-6-10-21;2*1-2/h3-20,34-35H,2H2,1H3;2*1-2H3. The maximum absolute atomic E-state index is 14.2. The average molecular weight is 609 g/mol. The highest BCUT2D eigenvalue weighted by molar-refractivity contribution is 6.43. The quantitative estimate of drug-likeness (QED) is 0.135. The molecule has 1 heterocycles. The van der Waals surface area contributed by atoms with Gasteiger partial charge in [0.05, 0.1) is 12.3 Å². The van der Waals surface area contributed by atoms with Crippen molar-refractivity contribution in [2.24, 2.45) is 0 Å². The van der Waals surface area contributed by atoms with Crippen molar-refractivity contribution < 1.29 is 9.53 Å². The van der Waals surface area contributed by atoms with Crippen molar-refractivity contribution in [2.75, 3.05) is 11.9 Å². The van der Waals surface area contributed by atoms with E-state index >= 15 is 0 Å². The van der Waals surface area contributed by atoms with Crippen LogP contribution in [0.3, 0.4) is 0 Å². The second kappa shape index (κ2) is 16.6. The Balaban J connectivity index is 0.00000127. The summed E-state index contributed by atoms with van der Waals surface area (Å²) in [5.41, 5.74) is 2.45. The molecule has 0 atom stereocenters. The highest BCUT2D eigenvalue weighted by Crippen LogP contribution is 2.28. The molecule has 2 N–H and O–H groups in total. The van der Waals surface area contributed by atoms with E-state index in [1.54, 1.807) is 43.3 Å². The maximum Gasteiger partial charge on any atom is 0.357 e. The molecule has 0 bridgehead atoms. The fourth-order valence-electron chi connectivity index (χ4n) is 4.27. The molecule has 226 valence electrons. The first-order valence-corrected chi connectivity index (χ1v) is 15.0. The number of benzene rings is 4. The van der Waals surface area contributed by atoms with Gasteiger partial charge in [0.25, 0.3) is 5.56 Å². The summed E-state index contributed by atoms with van der Waals surface area (Å²) < 4.78 is 6.45. The van der Waals surface area contributed by atoms with E-state index in [4.69, 9.17) is 26.7 Å². The second-order valence-corrected chi connectivity index (χ2v) is 9.24. The van der Waals surface area contributed by atoms with Crippen LogP contribution in [0.25, 0.3) is 28.2 Å². The molecule has 0 aliphatic rings. The average Bonchev–Trinajstić information content (AvgIpc) is 3.08. The maximum atomic E-state index is 14.2. The molecule has 0 spiro atoms. The fourth-order valence-corrected chi connectivity index (χ4v) is 4.39. The number of halogens is 1. The number of aromatic nitrogens is 2. The number of hydrogen-bond acceptors (Lipinski definition) is 6. The van der Waals surface area contributed by atoms with Gasteiger partial charge in [-0.2, -0.15) is 0 Å². The number of hydrogen-bond donors (Lipinski definition) is 2. The predicted molar refractivity (Wildman–Crippen MR) is 182 cm³/mol. The van der Waals surface area contributed by atoms with Crippen LogP contribution < -0.4 is 10.9 Å². The van der Waals surface area contributed by atoms with Crippen molar-refractivity contribution in [3.63, 3.8) is 0 Å². The summed E-state index contributed by atoms with van der Waals surface area (Å²) in [5.74, 6) is -0.521. The van der Waals surface area contributed by atoms with Crippen LogP contribution in [-0.4, -0.2) is 27.8 Å². The monoisotopic (exact) mass is 608 g/mol. The number of ether oxygens (including phenoxy) is 1. The largest absolute Gasteiger partial charge is 0.461 e. The topological polar surface area (TPSA) is 97.1 Å². The molecule has 8 heteroatoms. The first-order chi connectivity index (χ1) is 21.5. The Morgan fingerprint density at radius 3 is 1.89 bits per heavy atom. The molecule has 0 saturated heterocycles. The Kier molecular flexibility index (Phi) is 12.6. The van der Waals surface area contributed by atoms with Gasteiger partial charge in [-0.15, -0.1) is 0 Å². The number of carbonyl (C=O) groups excluding carboxylic acids is 1. The van der Waals surface area contributed by atoms with E-state index < -0.39 is 17.2 Å². The van der Waals surface area contributed by atoms with E-state index in [1.165, 1.54) is 4.57 Å². The second-order valence-electron chi connectivity index (χ2n) is 8.81. The van der Waals surface area contributed by atoms with Crippen LogP contribution in [0.5, 0.6) is 0 Å². The van der Waals surface area contributed by atoms with E-state index in [9.17, 15) is 9.59 Å². The molecular formula is C36H37ClN4O3. The lowest BCUT2D eigenvalue weighted by molar-refractivity contribution is -0.135. The van der Waals surface area contributed by atoms with Crippen molar-refractivity contribution in [3.05, 3.63) is 130 Å². The lowest BCUT2D eigenvalue weighted by Crippen LogP contribution is -2.33.